The van der Waals surface area contributed by atoms with Crippen molar-refractivity contribution in [2.45, 2.75) is 13.3 Å². The second kappa shape index (κ2) is 15.9. The second-order valence-corrected chi connectivity index (χ2v) is 18.1. The number of furan rings is 1. The molecule has 0 fully saturated rings. The number of nitrogens with zero attached hydrogens (tertiary/aromatic N) is 1. The van der Waals surface area contributed by atoms with Gasteiger partial charge in [-0.1, -0.05) is 177 Å². The van der Waals surface area contributed by atoms with E-state index >= 15 is 0 Å². The molecule has 0 saturated heterocycles. The first-order valence-corrected chi connectivity index (χ1v) is 23.4. The fourth-order valence-electron chi connectivity index (χ4n) is 10.6. The highest BCUT2D eigenvalue weighted by molar-refractivity contribution is 6.25. The van der Waals surface area contributed by atoms with Gasteiger partial charge in [0.05, 0.1) is 0 Å². The summed E-state index contributed by atoms with van der Waals surface area (Å²) >= 11 is 0. The molecule has 1 aliphatic carbocycles. The van der Waals surface area contributed by atoms with Crippen LogP contribution in [0.25, 0.3) is 105 Å². The first-order valence-electron chi connectivity index (χ1n) is 23.4. The van der Waals surface area contributed by atoms with Crippen molar-refractivity contribution >= 4 is 77.4 Å². The highest BCUT2D eigenvalue weighted by Crippen LogP contribution is 2.42. The molecule has 0 amide bonds. The predicted octanol–water partition coefficient (Wildman–Crippen LogP) is 18.4. The molecule has 0 saturated carbocycles. The number of rotatable bonds is 7. The molecule has 1 atom stereocenters. The van der Waals surface area contributed by atoms with Crippen LogP contribution in [0.3, 0.4) is 0 Å². The molecule has 67 heavy (non-hydrogen) atoms. The molecular formula is C65H45NO. The molecule has 316 valence electrons. The standard InChI is InChI=1S/C65H45NO/c1-42-20-21-46-10-9-18-54(62(46)38-42)50-12-8-11-47(39-50)43-22-30-51(31-23-43)66(53-34-26-45(27-35-53)49-29-37-61-60-17-6-7-19-64(60)67-65(61)41-49)52-32-24-44(25-33-52)48-28-36-59-57-15-3-2-13-55(57)56-14-4-5-16-58(56)63(59)40-48/h2-37,39-42H,38H2,1H3. The number of hydrogen-bond donors (Lipinski definition) is 0. The molecule has 1 heterocycles. The van der Waals surface area contributed by atoms with Crippen LogP contribution in [0.5, 0.6) is 0 Å². The molecule has 0 aliphatic heterocycles. The lowest BCUT2D eigenvalue weighted by atomic mass is 9.85. The van der Waals surface area contributed by atoms with Gasteiger partial charge in [0.25, 0.3) is 0 Å². The Hall–Kier alpha value is -8.46. The lowest BCUT2D eigenvalue weighted by Crippen LogP contribution is -2.09. The van der Waals surface area contributed by atoms with E-state index in [4.69, 9.17) is 4.42 Å². The number of fused-ring (bicyclic) bond motifs is 10. The van der Waals surface area contributed by atoms with Gasteiger partial charge in [-0.2, -0.15) is 0 Å². The Morgan fingerprint density at radius 3 is 1.45 bits per heavy atom. The molecule has 1 unspecified atom stereocenters. The summed E-state index contributed by atoms with van der Waals surface area (Å²) in [4.78, 5) is 2.36. The Labute approximate surface area is 390 Å². The summed E-state index contributed by atoms with van der Waals surface area (Å²) in [6, 6.07) is 82.1. The zero-order valence-electron chi connectivity index (χ0n) is 37.2. The van der Waals surface area contributed by atoms with E-state index in [1.165, 1.54) is 76.8 Å². The van der Waals surface area contributed by atoms with E-state index in [0.717, 1.165) is 56.5 Å². The summed E-state index contributed by atoms with van der Waals surface area (Å²) in [7, 11) is 0. The molecule has 1 aliphatic rings. The minimum absolute atomic E-state index is 0.535. The molecule has 2 nitrogen and oxygen atoms in total. The minimum atomic E-state index is 0.535. The minimum Gasteiger partial charge on any atom is -0.456 e. The Kier molecular flexibility index (Phi) is 9.25. The highest BCUT2D eigenvalue weighted by atomic mass is 16.3. The number of benzene rings is 11. The predicted molar refractivity (Wildman–Crippen MR) is 285 cm³/mol. The summed E-state index contributed by atoms with van der Waals surface area (Å²) in [6.07, 6.45) is 5.68. The SMILES string of the molecule is CC1C=Cc2cccc(-c3cccc(-c4ccc(N(c5ccc(-c6ccc7c(c6)oc6ccccc67)cc5)c5ccc(-c6ccc7c8ccccc8c8ccccc8c7c6)cc5)cc4)c3)c2C1. The summed E-state index contributed by atoms with van der Waals surface area (Å²) in [5.41, 5.74) is 17.5. The smallest absolute Gasteiger partial charge is 0.136 e. The van der Waals surface area contributed by atoms with Crippen molar-refractivity contribution in [3.8, 4) is 44.5 Å². The van der Waals surface area contributed by atoms with Crippen molar-refractivity contribution in [2.75, 3.05) is 4.90 Å². The van der Waals surface area contributed by atoms with E-state index in [9.17, 15) is 0 Å². The first kappa shape index (κ1) is 39.0. The summed E-state index contributed by atoms with van der Waals surface area (Å²) in [5.74, 6) is 0.535. The third kappa shape index (κ3) is 6.80. The first-order chi connectivity index (χ1) is 33.1. The fourth-order valence-corrected chi connectivity index (χ4v) is 10.6. The summed E-state index contributed by atoms with van der Waals surface area (Å²) in [5, 5.41) is 9.99. The number of allylic oxidation sites excluding steroid dienone is 1. The van der Waals surface area contributed by atoms with Crippen LogP contribution in [0.4, 0.5) is 17.1 Å². The van der Waals surface area contributed by atoms with Gasteiger partial charge in [-0.25, -0.2) is 0 Å². The van der Waals surface area contributed by atoms with Gasteiger partial charge in [0, 0.05) is 27.8 Å². The molecule has 1 aromatic heterocycles. The van der Waals surface area contributed by atoms with Gasteiger partial charge in [0.15, 0.2) is 0 Å². The third-order valence-electron chi connectivity index (χ3n) is 14.0. The zero-order chi connectivity index (χ0) is 44.4. The van der Waals surface area contributed by atoms with Crippen LogP contribution in [0.1, 0.15) is 18.1 Å². The van der Waals surface area contributed by atoms with Crippen LogP contribution < -0.4 is 4.90 Å². The summed E-state index contributed by atoms with van der Waals surface area (Å²) < 4.78 is 6.28. The average Bonchev–Trinajstić information content (AvgIpc) is 3.77. The van der Waals surface area contributed by atoms with Gasteiger partial charge >= 0.3 is 0 Å². The molecule has 0 radical (unpaired) electrons. The fraction of sp³-hybridized carbons (Fsp3) is 0.0462. The molecule has 11 aromatic carbocycles. The molecule has 0 N–H and O–H groups in total. The van der Waals surface area contributed by atoms with Crippen LogP contribution in [0.2, 0.25) is 0 Å². The zero-order valence-corrected chi connectivity index (χ0v) is 37.2. The van der Waals surface area contributed by atoms with Crippen LogP contribution in [-0.2, 0) is 6.42 Å². The normalized spacial score (nSPS) is 13.5. The Bertz CT molecular complexity index is 3860. The van der Waals surface area contributed by atoms with Gasteiger partial charge in [-0.05, 0) is 167 Å². The topological polar surface area (TPSA) is 16.4 Å². The van der Waals surface area contributed by atoms with E-state index in [1.807, 2.05) is 12.1 Å². The largest absolute Gasteiger partial charge is 0.456 e. The quantitative estimate of drug-likeness (QED) is 0.149. The van der Waals surface area contributed by atoms with Crippen LogP contribution in [-0.4, -0.2) is 0 Å². The Morgan fingerprint density at radius 1 is 0.358 bits per heavy atom. The van der Waals surface area contributed by atoms with Gasteiger partial charge < -0.3 is 9.32 Å². The number of anilines is 3. The summed E-state index contributed by atoms with van der Waals surface area (Å²) in [6.45, 7) is 2.30. The number of hydrogen-bond acceptors (Lipinski definition) is 2. The molecule has 2 heteroatoms. The van der Waals surface area contributed by atoms with Crippen molar-refractivity contribution in [3.05, 3.63) is 242 Å². The second-order valence-electron chi connectivity index (χ2n) is 18.1. The van der Waals surface area contributed by atoms with Crippen molar-refractivity contribution in [1.82, 2.24) is 0 Å². The van der Waals surface area contributed by atoms with Gasteiger partial charge in [-0.15, -0.1) is 0 Å². The maximum atomic E-state index is 6.28. The molecule has 0 bridgehead atoms. The van der Waals surface area contributed by atoms with Gasteiger partial charge in [-0.3, -0.25) is 0 Å². The van der Waals surface area contributed by atoms with Crippen LogP contribution in [0.15, 0.2) is 235 Å². The van der Waals surface area contributed by atoms with Crippen molar-refractivity contribution in [3.63, 3.8) is 0 Å². The number of para-hydroxylation sites is 1. The Morgan fingerprint density at radius 2 is 0.821 bits per heavy atom. The molecular weight excluding hydrogens is 811 g/mol. The van der Waals surface area contributed by atoms with E-state index in [0.29, 0.717) is 5.92 Å². The van der Waals surface area contributed by atoms with E-state index in [-0.39, 0.29) is 0 Å². The molecule has 13 rings (SSSR count). The monoisotopic (exact) mass is 855 g/mol. The highest BCUT2D eigenvalue weighted by Gasteiger charge is 2.18. The average molecular weight is 856 g/mol. The molecule has 0 spiro atoms. The van der Waals surface area contributed by atoms with E-state index in [1.54, 1.807) is 0 Å². The van der Waals surface area contributed by atoms with Crippen LogP contribution >= 0.6 is 0 Å². The Balaban J connectivity index is 0.871. The van der Waals surface area contributed by atoms with Gasteiger partial charge in [0.2, 0.25) is 0 Å². The lowest BCUT2D eigenvalue weighted by molar-refractivity contribution is 0.669. The lowest BCUT2D eigenvalue weighted by Gasteiger charge is -2.26. The van der Waals surface area contributed by atoms with Crippen molar-refractivity contribution in [1.29, 1.82) is 0 Å². The van der Waals surface area contributed by atoms with Crippen molar-refractivity contribution in [2.24, 2.45) is 5.92 Å². The third-order valence-corrected chi connectivity index (χ3v) is 14.0. The van der Waals surface area contributed by atoms with Crippen LogP contribution in [0, 0.1) is 5.92 Å². The maximum Gasteiger partial charge on any atom is 0.136 e. The van der Waals surface area contributed by atoms with E-state index in [2.05, 4.69) is 236 Å². The molecule has 12 aromatic rings. The van der Waals surface area contributed by atoms with Crippen molar-refractivity contribution < 1.29 is 4.42 Å². The maximum absolute atomic E-state index is 6.28. The van der Waals surface area contributed by atoms with Gasteiger partial charge in [0.1, 0.15) is 11.2 Å². The van der Waals surface area contributed by atoms with E-state index < -0.39 is 0 Å².